The SMILES string of the molecule is COc1cc(NC(C(=O)c2c[nH]c3ccc(CCN(C)C)cc23)c2ccc(F)cc2)cc(OC)c1. The van der Waals surface area contributed by atoms with Gasteiger partial charge in [-0.05, 0) is 55.9 Å². The molecule has 0 saturated heterocycles. The summed E-state index contributed by atoms with van der Waals surface area (Å²) in [5, 5.41) is 4.18. The zero-order valence-corrected chi connectivity index (χ0v) is 20.4. The van der Waals surface area contributed by atoms with Crippen molar-refractivity contribution in [2.24, 2.45) is 0 Å². The molecule has 0 aliphatic rings. The molecule has 0 aliphatic heterocycles. The number of benzene rings is 3. The fraction of sp³-hybridized carbons (Fsp3) is 0.250. The van der Waals surface area contributed by atoms with E-state index >= 15 is 0 Å². The number of hydrogen-bond donors (Lipinski definition) is 2. The Balaban J connectivity index is 1.74. The fourth-order valence-electron chi connectivity index (χ4n) is 4.05. The van der Waals surface area contributed by atoms with Crippen LogP contribution in [0.5, 0.6) is 11.5 Å². The van der Waals surface area contributed by atoms with E-state index in [9.17, 15) is 9.18 Å². The Morgan fingerprint density at radius 2 is 1.69 bits per heavy atom. The van der Waals surface area contributed by atoms with Crippen molar-refractivity contribution in [3.63, 3.8) is 0 Å². The molecule has 1 aromatic heterocycles. The normalized spacial score (nSPS) is 12.1. The maximum absolute atomic E-state index is 13.9. The highest BCUT2D eigenvalue weighted by Gasteiger charge is 2.25. The van der Waals surface area contributed by atoms with Gasteiger partial charge in [-0.15, -0.1) is 0 Å². The smallest absolute Gasteiger partial charge is 0.191 e. The molecule has 0 radical (unpaired) electrons. The van der Waals surface area contributed by atoms with Crippen molar-refractivity contribution in [3.8, 4) is 11.5 Å². The van der Waals surface area contributed by atoms with Crippen LogP contribution < -0.4 is 14.8 Å². The number of nitrogens with zero attached hydrogens (tertiary/aromatic N) is 1. The summed E-state index contributed by atoms with van der Waals surface area (Å²) in [6.45, 7) is 0.913. The summed E-state index contributed by atoms with van der Waals surface area (Å²) in [6, 6.07) is 16.7. The third kappa shape index (κ3) is 5.63. The van der Waals surface area contributed by atoms with E-state index in [4.69, 9.17) is 9.47 Å². The molecule has 0 amide bonds. The lowest BCUT2D eigenvalue weighted by molar-refractivity contribution is 0.0971. The molecular weight excluding hydrogens is 445 g/mol. The minimum Gasteiger partial charge on any atom is -0.497 e. The van der Waals surface area contributed by atoms with Crippen LogP contribution in [-0.2, 0) is 6.42 Å². The van der Waals surface area contributed by atoms with Crippen LogP contribution in [0.1, 0.15) is 27.5 Å². The first-order valence-corrected chi connectivity index (χ1v) is 11.4. The van der Waals surface area contributed by atoms with E-state index in [1.807, 2.05) is 20.2 Å². The van der Waals surface area contributed by atoms with Gasteiger partial charge >= 0.3 is 0 Å². The van der Waals surface area contributed by atoms with Gasteiger partial charge in [0.05, 0.1) is 14.2 Å². The summed E-state index contributed by atoms with van der Waals surface area (Å²) in [7, 11) is 7.22. The minimum absolute atomic E-state index is 0.130. The number of Topliss-reactive ketones (excluding diaryl/α,β-unsaturated/α-hetero) is 1. The number of methoxy groups -OCH3 is 2. The predicted molar refractivity (Wildman–Crippen MR) is 137 cm³/mol. The zero-order chi connectivity index (χ0) is 24.9. The van der Waals surface area contributed by atoms with Crippen LogP contribution in [0.3, 0.4) is 0 Å². The molecule has 0 saturated carbocycles. The quantitative estimate of drug-likeness (QED) is 0.298. The van der Waals surface area contributed by atoms with Crippen molar-refractivity contribution in [1.82, 2.24) is 9.88 Å². The number of aromatic amines is 1. The van der Waals surface area contributed by atoms with Crippen LogP contribution >= 0.6 is 0 Å². The summed E-state index contributed by atoms with van der Waals surface area (Å²) < 4.78 is 24.4. The van der Waals surface area contributed by atoms with E-state index in [1.165, 1.54) is 12.1 Å². The molecule has 1 heterocycles. The number of fused-ring (bicyclic) bond motifs is 1. The molecule has 35 heavy (non-hydrogen) atoms. The molecule has 2 N–H and O–H groups in total. The van der Waals surface area contributed by atoms with Gasteiger partial charge in [-0.2, -0.15) is 0 Å². The first-order valence-electron chi connectivity index (χ1n) is 11.4. The van der Waals surface area contributed by atoms with Gasteiger partial charge in [0.1, 0.15) is 23.4 Å². The number of likely N-dealkylation sites (N-methyl/N-ethyl adjacent to an activating group) is 1. The molecule has 0 aliphatic carbocycles. The molecule has 182 valence electrons. The number of carbonyl (C=O) groups excluding carboxylic acids is 1. The average Bonchev–Trinajstić information content (AvgIpc) is 3.29. The summed E-state index contributed by atoms with van der Waals surface area (Å²) >= 11 is 0. The molecule has 3 aromatic carbocycles. The van der Waals surface area contributed by atoms with Gasteiger partial charge in [-0.25, -0.2) is 4.39 Å². The molecule has 0 bridgehead atoms. The monoisotopic (exact) mass is 475 g/mol. The van der Waals surface area contributed by atoms with Crippen LogP contribution in [0.25, 0.3) is 10.9 Å². The molecule has 6 nitrogen and oxygen atoms in total. The van der Waals surface area contributed by atoms with Gasteiger partial charge in [-0.1, -0.05) is 18.2 Å². The molecule has 4 aromatic rings. The Hall–Kier alpha value is -3.84. The van der Waals surface area contributed by atoms with Gasteiger partial charge in [0.15, 0.2) is 5.78 Å². The molecule has 4 rings (SSSR count). The van der Waals surface area contributed by atoms with Crippen molar-refractivity contribution >= 4 is 22.4 Å². The number of rotatable bonds is 10. The Labute approximate surface area is 204 Å². The second kappa shape index (κ2) is 10.6. The van der Waals surface area contributed by atoms with Gasteiger partial charge in [0, 0.05) is 53.1 Å². The number of ketones is 1. The van der Waals surface area contributed by atoms with Crippen LogP contribution in [0.15, 0.2) is 66.9 Å². The second-order valence-corrected chi connectivity index (χ2v) is 8.73. The third-order valence-corrected chi connectivity index (χ3v) is 5.99. The Kier molecular flexibility index (Phi) is 7.36. The lowest BCUT2D eigenvalue weighted by atomic mass is 9.95. The number of anilines is 1. The molecule has 0 spiro atoms. The maximum atomic E-state index is 13.9. The van der Waals surface area contributed by atoms with Gasteiger partial charge in [0.2, 0.25) is 0 Å². The molecule has 7 heteroatoms. The van der Waals surface area contributed by atoms with Gasteiger partial charge < -0.3 is 24.7 Å². The number of nitrogens with one attached hydrogen (secondary N) is 2. The number of aromatic nitrogens is 1. The molecule has 1 unspecified atom stereocenters. The van der Waals surface area contributed by atoms with Crippen molar-refractivity contribution in [1.29, 1.82) is 0 Å². The lowest BCUT2D eigenvalue weighted by Gasteiger charge is -2.20. The summed E-state index contributed by atoms with van der Waals surface area (Å²) in [5.41, 5.74) is 3.92. The van der Waals surface area contributed by atoms with Crippen molar-refractivity contribution in [3.05, 3.63) is 89.4 Å². The first-order chi connectivity index (χ1) is 16.9. The van der Waals surface area contributed by atoms with E-state index < -0.39 is 6.04 Å². The van der Waals surface area contributed by atoms with E-state index in [0.717, 1.165) is 29.4 Å². The number of carbonyl (C=O) groups is 1. The average molecular weight is 476 g/mol. The van der Waals surface area contributed by atoms with Gasteiger partial charge in [0.25, 0.3) is 0 Å². The minimum atomic E-state index is -0.753. The Bertz CT molecular complexity index is 1290. The maximum Gasteiger partial charge on any atom is 0.191 e. The number of ether oxygens (including phenoxy) is 2. The van der Waals surface area contributed by atoms with Gasteiger partial charge in [-0.3, -0.25) is 4.79 Å². The van der Waals surface area contributed by atoms with E-state index in [-0.39, 0.29) is 11.6 Å². The van der Waals surface area contributed by atoms with Crippen molar-refractivity contribution in [2.45, 2.75) is 12.5 Å². The summed E-state index contributed by atoms with van der Waals surface area (Å²) in [4.78, 5) is 19.3. The van der Waals surface area contributed by atoms with E-state index in [2.05, 4.69) is 27.3 Å². The standard InChI is InChI=1S/C28H30FN3O3/c1-32(2)12-11-18-5-10-26-24(13-18)25(17-30-26)28(33)27(19-6-8-20(29)9-7-19)31-21-14-22(34-3)16-23(15-21)35-4/h5-10,13-17,27,30-31H,11-12H2,1-4H3. The molecule has 1 atom stereocenters. The predicted octanol–water partition coefficient (Wildman–Crippen LogP) is 5.46. The number of hydrogen-bond acceptors (Lipinski definition) is 5. The first kappa shape index (κ1) is 24.3. The third-order valence-electron chi connectivity index (χ3n) is 5.99. The molecular formula is C28H30FN3O3. The van der Waals surface area contributed by atoms with E-state index in [1.54, 1.807) is 50.7 Å². The Morgan fingerprint density at radius 1 is 1.00 bits per heavy atom. The highest BCUT2D eigenvalue weighted by atomic mass is 19.1. The molecule has 0 fully saturated rings. The highest BCUT2D eigenvalue weighted by Crippen LogP contribution is 2.32. The second-order valence-electron chi connectivity index (χ2n) is 8.73. The fourth-order valence-corrected chi connectivity index (χ4v) is 4.05. The highest BCUT2D eigenvalue weighted by molar-refractivity contribution is 6.11. The van der Waals surface area contributed by atoms with Crippen molar-refractivity contribution in [2.75, 3.05) is 40.2 Å². The number of H-pyrrole nitrogens is 1. The Morgan fingerprint density at radius 3 is 2.31 bits per heavy atom. The topological polar surface area (TPSA) is 66.6 Å². The summed E-state index contributed by atoms with van der Waals surface area (Å²) in [5.74, 6) is 0.694. The van der Waals surface area contributed by atoms with Crippen LogP contribution in [-0.4, -0.2) is 50.5 Å². The van der Waals surface area contributed by atoms with Crippen LogP contribution in [0, 0.1) is 5.82 Å². The van der Waals surface area contributed by atoms with E-state index in [0.29, 0.717) is 28.3 Å². The largest absolute Gasteiger partial charge is 0.497 e. The van der Waals surface area contributed by atoms with Crippen LogP contribution in [0.2, 0.25) is 0 Å². The lowest BCUT2D eigenvalue weighted by Crippen LogP contribution is -2.21. The zero-order valence-electron chi connectivity index (χ0n) is 20.4. The van der Waals surface area contributed by atoms with Crippen LogP contribution in [0.4, 0.5) is 10.1 Å². The summed E-state index contributed by atoms with van der Waals surface area (Å²) in [6.07, 6.45) is 2.62. The van der Waals surface area contributed by atoms with Crippen molar-refractivity contribution < 1.29 is 18.7 Å². The number of halogens is 1.